The van der Waals surface area contributed by atoms with Gasteiger partial charge in [0.05, 0.1) is 0 Å². The molecule has 0 heterocycles. The van der Waals surface area contributed by atoms with Crippen molar-refractivity contribution < 1.29 is 4.74 Å². The van der Waals surface area contributed by atoms with Crippen LogP contribution in [-0.2, 0) is 4.74 Å². The molecule has 0 aliphatic rings. The molecule has 0 saturated carbocycles. The van der Waals surface area contributed by atoms with E-state index in [0.29, 0.717) is 5.92 Å². The summed E-state index contributed by atoms with van der Waals surface area (Å²) in [5, 5.41) is 0. The van der Waals surface area contributed by atoms with Crippen LogP contribution in [-0.4, -0.2) is 38.8 Å². The minimum atomic E-state index is 0.638. The molecule has 0 rings (SSSR count). The van der Waals surface area contributed by atoms with Gasteiger partial charge < -0.3 is 9.64 Å². The van der Waals surface area contributed by atoms with E-state index in [9.17, 15) is 0 Å². The van der Waals surface area contributed by atoms with Crippen molar-refractivity contribution in [1.82, 2.24) is 4.90 Å². The summed E-state index contributed by atoms with van der Waals surface area (Å²) in [6.07, 6.45) is 0. The molecule has 74 valence electrons. The quantitative estimate of drug-likeness (QED) is 0.608. The molecule has 0 aromatic carbocycles. The molecule has 0 amide bonds. The van der Waals surface area contributed by atoms with Crippen molar-refractivity contribution in [3.05, 3.63) is 0 Å². The Balaban J connectivity index is 3.46. The average molecular weight is 173 g/mol. The van der Waals surface area contributed by atoms with Crippen LogP contribution in [0.1, 0.15) is 20.8 Å². The van der Waals surface area contributed by atoms with Gasteiger partial charge in [0.25, 0.3) is 0 Å². The first-order valence-corrected chi connectivity index (χ1v) is 4.73. The normalized spacial score (nSPS) is 14.2. The van der Waals surface area contributed by atoms with Crippen LogP contribution < -0.4 is 0 Å². The maximum atomic E-state index is 5.08. The molecular weight excluding hydrogens is 150 g/mol. The number of hydrogen-bond donors (Lipinski definition) is 0. The standard InChI is InChI=1S/C10H23NO/c1-9(2)6-11(4)7-10(3)8-12-5/h9-10H,6-8H2,1-5H3. The second-order valence-electron chi connectivity index (χ2n) is 4.18. The van der Waals surface area contributed by atoms with Crippen molar-refractivity contribution in [2.45, 2.75) is 20.8 Å². The summed E-state index contributed by atoms with van der Waals surface area (Å²) in [5.41, 5.74) is 0. The number of ether oxygens (including phenoxy) is 1. The topological polar surface area (TPSA) is 12.5 Å². The van der Waals surface area contributed by atoms with Gasteiger partial charge in [-0.25, -0.2) is 0 Å². The van der Waals surface area contributed by atoms with E-state index in [0.717, 1.165) is 19.1 Å². The van der Waals surface area contributed by atoms with E-state index in [1.165, 1.54) is 6.54 Å². The molecule has 0 spiro atoms. The number of hydrogen-bond acceptors (Lipinski definition) is 2. The molecule has 12 heavy (non-hydrogen) atoms. The lowest BCUT2D eigenvalue weighted by atomic mass is 10.1. The zero-order chi connectivity index (χ0) is 9.56. The highest BCUT2D eigenvalue weighted by Crippen LogP contribution is 2.01. The Morgan fingerprint density at radius 3 is 2.17 bits per heavy atom. The monoisotopic (exact) mass is 173 g/mol. The van der Waals surface area contributed by atoms with E-state index >= 15 is 0 Å². The van der Waals surface area contributed by atoms with Crippen LogP contribution in [0.15, 0.2) is 0 Å². The van der Waals surface area contributed by atoms with Gasteiger partial charge in [0.1, 0.15) is 0 Å². The summed E-state index contributed by atoms with van der Waals surface area (Å²) in [7, 11) is 3.94. The first-order valence-electron chi connectivity index (χ1n) is 4.73. The van der Waals surface area contributed by atoms with Crippen molar-refractivity contribution in [2.75, 3.05) is 33.9 Å². The van der Waals surface area contributed by atoms with E-state index in [1.54, 1.807) is 7.11 Å². The third kappa shape index (κ3) is 6.62. The van der Waals surface area contributed by atoms with Gasteiger partial charge in [0.2, 0.25) is 0 Å². The molecule has 2 heteroatoms. The fourth-order valence-electron chi connectivity index (χ4n) is 1.57. The first kappa shape index (κ1) is 11.9. The maximum Gasteiger partial charge on any atom is 0.0500 e. The van der Waals surface area contributed by atoms with Gasteiger partial charge in [-0.05, 0) is 18.9 Å². The Labute approximate surface area is 76.9 Å². The molecule has 0 bridgehead atoms. The molecular formula is C10H23NO. The summed E-state index contributed by atoms with van der Waals surface area (Å²) in [4.78, 5) is 2.37. The van der Waals surface area contributed by atoms with Gasteiger partial charge in [-0.15, -0.1) is 0 Å². The summed E-state index contributed by atoms with van der Waals surface area (Å²) in [5.74, 6) is 1.39. The molecule has 0 fully saturated rings. The van der Waals surface area contributed by atoms with E-state index in [4.69, 9.17) is 4.74 Å². The summed E-state index contributed by atoms with van der Waals surface area (Å²) >= 11 is 0. The van der Waals surface area contributed by atoms with Crippen molar-refractivity contribution in [3.8, 4) is 0 Å². The van der Waals surface area contributed by atoms with Gasteiger partial charge in [-0.1, -0.05) is 20.8 Å². The summed E-state index contributed by atoms with van der Waals surface area (Å²) in [6, 6.07) is 0. The van der Waals surface area contributed by atoms with Crippen molar-refractivity contribution >= 4 is 0 Å². The molecule has 1 atom stereocenters. The van der Waals surface area contributed by atoms with E-state index in [-0.39, 0.29) is 0 Å². The largest absolute Gasteiger partial charge is 0.384 e. The molecule has 0 radical (unpaired) electrons. The van der Waals surface area contributed by atoms with Crippen LogP contribution >= 0.6 is 0 Å². The Morgan fingerprint density at radius 1 is 1.17 bits per heavy atom. The highest BCUT2D eigenvalue weighted by molar-refractivity contribution is 4.59. The predicted octanol–water partition coefficient (Wildman–Crippen LogP) is 1.86. The molecule has 2 nitrogen and oxygen atoms in total. The molecule has 0 N–H and O–H groups in total. The zero-order valence-electron chi connectivity index (χ0n) is 9.13. The van der Waals surface area contributed by atoms with E-state index in [1.807, 2.05) is 0 Å². The Hall–Kier alpha value is -0.0800. The first-order chi connectivity index (χ1) is 5.56. The second-order valence-corrected chi connectivity index (χ2v) is 4.18. The van der Waals surface area contributed by atoms with Crippen molar-refractivity contribution in [1.29, 1.82) is 0 Å². The molecule has 0 aromatic rings. The van der Waals surface area contributed by atoms with Crippen LogP contribution in [0.3, 0.4) is 0 Å². The minimum absolute atomic E-state index is 0.638. The van der Waals surface area contributed by atoms with Gasteiger partial charge >= 0.3 is 0 Å². The number of methoxy groups -OCH3 is 1. The third-order valence-corrected chi connectivity index (χ3v) is 1.75. The highest BCUT2D eigenvalue weighted by atomic mass is 16.5. The zero-order valence-corrected chi connectivity index (χ0v) is 9.13. The molecule has 0 aliphatic heterocycles. The molecule has 0 saturated heterocycles. The predicted molar refractivity (Wildman–Crippen MR) is 53.4 cm³/mol. The van der Waals surface area contributed by atoms with Gasteiger partial charge in [-0.2, -0.15) is 0 Å². The van der Waals surface area contributed by atoms with Crippen LogP contribution in [0.25, 0.3) is 0 Å². The van der Waals surface area contributed by atoms with E-state index < -0.39 is 0 Å². The number of nitrogens with zero attached hydrogens (tertiary/aromatic N) is 1. The van der Waals surface area contributed by atoms with Crippen molar-refractivity contribution in [3.63, 3.8) is 0 Å². The minimum Gasteiger partial charge on any atom is -0.384 e. The fourth-order valence-corrected chi connectivity index (χ4v) is 1.57. The van der Waals surface area contributed by atoms with E-state index in [2.05, 4.69) is 32.7 Å². The Morgan fingerprint density at radius 2 is 1.75 bits per heavy atom. The lowest BCUT2D eigenvalue weighted by Crippen LogP contribution is -2.29. The smallest absolute Gasteiger partial charge is 0.0500 e. The molecule has 0 aromatic heterocycles. The van der Waals surface area contributed by atoms with Crippen LogP contribution in [0.5, 0.6) is 0 Å². The number of rotatable bonds is 6. The molecule has 0 aliphatic carbocycles. The van der Waals surface area contributed by atoms with Gasteiger partial charge in [0.15, 0.2) is 0 Å². The van der Waals surface area contributed by atoms with Gasteiger partial charge in [0, 0.05) is 26.8 Å². The lowest BCUT2D eigenvalue weighted by molar-refractivity contribution is 0.134. The summed E-state index contributed by atoms with van der Waals surface area (Å²) in [6.45, 7) is 9.89. The second kappa shape index (κ2) is 6.44. The lowest BCUT2D eigenvalue weighted by Gasteiger charge is -2.22. The van der Waals surface area contributed by atoms with Gasteiger partial charge in [-0.3, -0.25) is 0 Å². The summed E-state index contributed by atoms with van der Waals surface area (Å²) < 4.78 is 5.08. The third-order valence-electron chi connectivity index (χ3n) is 1.75. The Kier molecular flexibility index (Phi) is 6.39. The Bertz CT molecular complexity index is 104. The van der Waals surface area contributed by atoms with Crippen molar-refractivity contribution in [2.24, 2.45) is 11.8 Å². The maximum absolute atomic E-state index is 5.08. The van der Waals surface area contributed by atoms with Crippen LogP contribution in [0, 0.1) is 11.8 Å². The fraction of sp³-hybridized carbons (Fsp3) is 1.00. The highest BCUT2D eigenvalue weighted by Gasteiger charge is 2.06. The van der Waals surface area contributed by atoms with Crippen LogP contribution in [0.4, 0.5) is 0 Å². The average Bonchev–Trinajstić information content (AvgIpc) is 1.84. The molecule has 1 unspecified atom stereocenters. The van der Waals surface area contributed by atoms with Crippen LogP contribution in [0.2, 0.25) is 0 Å². The SMILES string of the molecule is COCC(C)CN(C)CC(C)C.